The molecule has 0 saturated carbocycles. The summed E-state index contributed by atoms with van der Waals surface area (Å²) in [6.45, 7) is 8.93. The molecule has 0 atom stereocenters. The van der Waals surface area contributed by atoms with Gasteiger partial charge in [-0.05, 0) is 110 Å². The minimum Gasteiger partial charge on any atom is -0.476 e. The number of nitriles is 2. The number of hydrogen-bond donors (Lipinski definition) is 5. The molecule has 67 heavy (non-hydrogen) atoms. The summed E-state index contributed by atoms with van der Waals surface area (Å²) < 4.78 is 0. The molecule has 0 fully saturated rings. The number of halogens is 2. The fraction of sp³-hybridized carbons (Fsp3) is 0.217. The van der Waals surface area contributed by atoms with Crippen molar-refractivity contribution in [3.63, 3.8) is 0 Å². The number of amides is 1. The molecule has 0 spiro atoms. The lowest BCUT2D eigenvalue weighted by Crippen LogP contribution is -2.25. The van der Waals surface area contributed by atoms with Crippen LogP contribution < -0.4 is 22.5 Å². The van der Waals surface area contributed by atoms with Gasteiger partial charge in [-0.3, -0.25) is 14.8 Å². The predicted molar refractivity (Wildman–Crippen MR) is 257 cm³/mol. The van der Waals surface area contributed by atoms with Gasteiger partial charge in [-0.25, -0.2) is 14.8 Å². The molecule has 8 aromatic rings. The first kappa shape index (κ1) is 51.5. The molecule has 0 unspecified atom stereocenters. The molecule has 6 aromatic heterocycles. The van der Waals surface area contributed by atoms with Gasteiger partial charge in [-0.1, -0.05) is 50.2 Å². The van der Waals surface area contributed by atoms with Crippen molar-refractivity contribution >= 4 is 68.5 Å². The number of rotatable bonds is 9. The zero-order valence-electron chi connectivity index (χ0n) is 35.4. The number of nitrogen functional groups attached to an aromatic ring is 2. The average molecular weight is 944 g/mol. The Bertz CT molecular complexity index is 3140. The van der Waals surface area contributed by atoms with Gasteiger partial charge < -0.3 is 27.6 Å². The standard InChI is InChI=1S/C22H19ClN8O.C14H8ClN5O2.C8H13N3.2CH4/c1-12-5-20(25)28-13(2)17(12)10-27-22(32)21-19(8-24)29-31(30-21)11-14-3-4-18-15(6-14)7-16(23)9-26-18;15-10-4-9-3-8(1-2-11(9)17-6-10)7-20-18-12(5-16)13(19-20)14(21)22;1-5-3-8(10)11-6(2)7(5)4-9;;/h3-7,9H,10-11H2,1-2H3,(H2,25,28)(H,27,32);1-4,6H,7H2,(H,21,22);3H,4,9H2,1-2H3,(H2,10,11);2*1H4. The van der Waals surface area contributed by atoms with Crippen LogP contribution in [0.1, 0.15) is 92.0 Å². The number of fused-ring (bicyclic) bond motifs is 2. The van der Waals surface area contributed by atoms with Crippen molar-refractivity contribution in [3.05, 3.63) is 151 Å². The SMILES string of the molecule is C.C.Cc1cc(N)nc(C)c1CN.Cc1cc(N)nc(C)c1CNC(=O)c1nn(Cc2ccc3ncc(Cl)cc3c2)nc1C#N.N#Cc1nn(Cc2ccc3ncc(Cl)cc3c2)nc1C(=O)O. The number of hydrogen-bond acceptors (Lipinski definition) is 15. The highest BCUT2D eigenvalue weighted by Gasteiger charge is 2.20. The van der Waals surface area contributed by atoms with Crippen LogP contribution in [0.25, 0.3) is 21.8 Å². The zero-order chi connectivity index (χ0) is 46.9. The first-order valence-corrected chi connectivity index (χ1v) is 20.3. The van der Waals surface area contributed by atoms with Crippen LogP contribution in [0.15, 0.2) is 73.1 Å². The van der Waals surface area contributed by atoms with E-state index in [0.717, 1.165) is 66.6 Å². The largest absolute Gasteiger partial charge is 0.476 e. The number of nitrogens with two attached hydrogens (primary N) is 3. The molecule has 344 valence electrons. The summed E-state index contributed by atoms with van der Waals surface area (Å²) in [5.41, 5.74) is 25.2. The number of carbonyl (C=O) groups excluding carboxylic acids is 1. The average Bonchev–Trinajstić information content (AvgIpc) is 3.87. The second kappa shape index (κ2) is 22.7. The second-order valence-corrected chi connectivity index (χ2v) is 15.4. The van der Waals surface area contributed by atoms with Crippen LogP contribution in [0.2, 0.25) is 10.0 Å². The molecule has 21 heteroatoms. The van der Waals surface area contributed by atoms with E-state index in [-0.39, 0.29) is 57.3 Å². The lowest BCUT2D eigenvalue weighted by atomic mass is 10.1. The number of aromatic carboxylic acids is 1. The van der Waals surface area contributed by atoms with Crippen LogP contribution in [-0.4, -0.2) is 66.9 Å². The number of aromatic nitrogens is 10. The Morgan fingerprint density at radius 2 is 1.13 bits per heavy atom. The van der Waals surface area contributed by atoms with Crippen molar-refractivity contribution in [2.45, 2.75) is 68.7 Å². The van der Waals surface area contributed by atoms with E-state index in [0.29, 0.717) is 28.2 Å². The van der Waals surface area contributed by atoms with Crippen LogP contribution >= 0.6 is 23.2 Å². The number of nitrogens with zero attached hydrogens (tertiary/aromatic N) is 12. The highest BCUT2D eigenvalue weighted by molar-refractivity contribution is 6.31. The predicted octanol–water partition coefficient (Wildman–Crippen LogP) is 7.03. The Labute approximate surface area is 396 Å². The molecular formula is C46H48Cl2N16O3. The Morgan fingerprint density at radius 3 is 1.55 bits per heavy atom. The molecule has 0 aliphatic heterocycles. The lowest BCUT2D eigenvalue weighted by molar-refractivity contribution is 0.0688. The lowest BCUT2D eigenvalue weighted by Gasteiger charge is -2.10. The number of aryl methyl sites for hydroxylation is 4. The van der Waals surface area contributed by atoms with Gasteiger partial charge in [0.05, 0.1) is 34.2 Å². The van der Waals surface area contributed by atoms with Gasteiger partial charge in [0.25, 0.3) is 5.91 Å². The zero-order valence-corrected chi connectivity index (χ0v) is 36.9. The maximum Gasteiger partial charge on any atom is 0.359 e. The smallest absolute Gasteiger partial charge is 0.359 e. The number of pyridine rings is 4. The van der Waals surface area contributed by atoms with Crippen LogP contribution in [0.4, 0.5) is 11.6 Å². The molecule has 1 amide bonds. The Kier molecular flexibility index (Phi) is 17.4. The minimum absolute atomic E-state index is 0. The topological polar surface area (TPSA) is 305 Å². The van der Waals surface area contributed by atoms with E-state index in [9.17, 15) is 14.9 Å². The van der Waals surface area contributed by atoms with Gasteiger partial charge in [-0.2, -0.15) is 20.1 Å². The van der Waals surface area contributed by atoms with Crippen molar-refractivity contribution in [3.8, 4) is 12.1 Å². The number of anilines is 2. The van der Waals surface area contributed by atoms with Gasteiger partial charge in [0, 0.05) is 47.6 Å². The minimum atomic E-state index is -1.28. The number of carboxylic acid groups (broad SMARTS) is 1. The third kappa shape index (κ3) is 12.8. The summed E-state index contributed by atoms with van der Waals surface area (Å²) in [7, 11) is 0. The van der Waals surface area contributed by atoms with Crippen molar-refractivity contribution in [2.24, 2.45) is 5.73 Å². The summed E-state index contributed by atoms with van der Waals surface area (Å²) >= 11 is 11.9. The van der Waals surface area contributed by atoms with E-state index < -0.39 is 11.9 Å². The maximum absolute atomic E-state index is 12.7. The van der Waals surface area contributed by atoms with Crippen LogP contribution in [-0.2, 0) is 26.2 Å². The van der Waals surface area contributed by atoms with E-state index in [2.05, 4.69) is 45.6 Å². The molecule has 2 aromatic carbocycles. The van der Waals surface area contributed by atoms with Gasteiger partial charge in [0.1, 0.15) is 23.8 Å². The van der Waals surface area contributed by atoms with Crippen molar-refractivity contribution < 1.29 is 14.7 Å². The molecule has 8 rings (SSSR count). The number of carboxylic acids is 1. The summed E-state index contributed by atoms with van der Waals surface area (Å²) in [6, 6.07) is 22.0. The van der Waals surface area contributed by atoms with Gasteiger partial charge in [0.2, 0.25) is 5.69 Å². The second-order valence-electron chi connectivity index (χ2n) is 14.5. The quantitative estimate of drug-likeness (QED) is 0.0969. The van der Waals surface area contributed by atoms with Crippen molar-refractivity contribution in [2.75, 3.05) is 11.5 Å². The maximum atomic E-state index is 12.7. The van der Waals surface area contributed by atoms with E-state index >= 15 is 0 Å². The number of carbonyl (C=O) groups is 2. The fourth-order valence-electron chi connectivity index (χ4n) is 6.72. The van der Waals surface area contributed by atoms with E-state index in [4.69, 9.17) is 50.8 Å². The van der Waals surface area contributed by atoms with E-state index in [1.807, 2.05) is 82.3 Å². The number of nitrogens with one attached hydrogen (secondary N) is 1. The monoisotopic (exact) mass is 942 g/mol. The first-order chi connectivity index (χ1) is 31.0. The first-order valence-electron chi connectivity index (χ1n) is 19.5. The summed E-state index contributed by atoms with van der Waals surface area (Å²) in [5, 5.41) is 48.9. The Hall–Kier alpha value is -8.10. The fourth-order valence-corrected chi connectivity index (χ4v) is 7.05. The van der Waals surface area contributed by atoms with Crippen molar-refractivity contribution in [1.29, 1.82) is 10.5 Å². The molecule has 0 aliphatic carbocycles. The van der Waals surface area contributed by atoms with Crippen molar-refractivity contribution in [1.82, 2.24) is 55.2 Å². The van der Waals surface area contributed by atoms with Crippen LogP contribution in [0, 0.1) is 50.4 Å². The number of benzene rings is 2. The van der Waals surface area contributed by atoms with Gasteiger partial charge >= 0.3 is 5.97 Å². The summed E-state index contributed by atoms with van der Waals surface area (Å²) in [4.78, 5) is 43.0. The third-order valence-electron chi connectivity index (χ3n) is 9.79. The van der Waals surface area contributed by atoms with Crippen LogP contribution in [0.3, 0.4) is 0 Å². The molecule has 0 bridgehead atoms. The molecule has 6 heterocycles. The molecular weight excluding hydrogens is 896 g/mol. The Balaban J connectivity index is 0.000000242. The highest BCUT2D eigenvalue weighted by atomic mass is 35.5. The molecule has 8 N–H and O–H groups in total. The van der Waals surface area contributed by atoms with E-state index in [1.54, 1.807) is 30.6 Å². The highest BCUT2D eigenvalue weighted by Crippen LogP contribution is 2.21. The van der Waals surface area contributed by atoms with Crippen LogP contribution in [0.5, 0.6) is 0 Å². The van der Waals surface area contributed by atoms with Gasteiger partial charge in [0.15, 0.2) is 17.1 Å². The third-order valence-corrected chi connectivity index (χ3v) is 10.2. The molecule has 0 radical (unpaired) electrons. The normalized spacial score (nSPS) is 10.3. The molecule has 19 nitrogen and oxygen atoms in total. The summed E-state index contributed by atoms with van der Waals surface area (Å²) in [6.07, 6.45) is 3.16. The molecule has 0 aliphatic rings. The summed E-state index contributed by atoms with van der Waals surface area (Å²) in [5.74, 6) is -0.774. The van der Waals surface area contributed by atoms with Gasteiger partial charge in [-0.15, -0.1) is 20.4 Å². The molecule has 0 saturated heterocycles. The Morgan fingerprint density at radius 1 is 0.687 bits per heavy atom. The van der Waals surface area contributed by atoms with E-state index in [1.165, 1.54) is 9.59 Å².